The van der Waals surface area contributed by atoms with E-state index in [9.17, 15) is 9.90 Å². The van der Waals surface area contributed by atoms with Gasteiger partial charge in [0.05, 0.1) is 13.2 Å². The number of morpholine rings is 1. The summed E-state index contributed by atoms with van der Waals surface area (Å²) in [6.07, 6.45) is -1.15. The number of carbonyl (C=O) groups excluding carboxylic acids is 1. The lowest BCUT2D eigenvalue weighted by Gasteiger charge is -2.27. The molecule has 25 heavy (non-hydrogen) atoms. The molecule has 1 aliphatic heterocycles. The van der Waals surface area contributed by atoms with Crippen LogP contribution in [0.2, 0.25) is 0 Å². The van der Waals surface area contributed by atoms with E-state index in [2.05, 4.69) is 16.3 Å². The normalized spacial score (nSPS) is 16.4. The van der Waals surface area contributed by atoms with E-state index in [0.29, 0.717) is 12.1 Å². The zero-order valence-corrected chi connectivity index (χ0v) is 14.2. The molecule has 3 rings (SSSR count). The lowest BCUT2D eigenvalue weighted by atomic mass is 10.1. The molecule has 1 aliphatic rings. The van der Waals surface area contributed by atoms with E-state index >= 15 is 0 Å². The van der Waals surface area contributed by atoms with Crippen molar-refractivity contribution in [1.82, 2.24) is 10.2 Å². The van der Waals surface area contributed by atoms with Gasteiger partial charge in [-0.3, -0.25) is 9.69 Å². The van der Waals surface area contributed by atoms with E-state index < -0.39 is 6.10 Å². The summed E-state index contributed by atoms with van der Waals surface area (Å²) in [6, 6.07) is 17.1. The Labute approximate surface area is 148 Å². The fourth-order valence-corrected chi connectivity index (χ4v) is 2.95. The van der Waals surface area contributed by atoms with Crippen LogP contribution in [0.15, 0.2) is 54.6 Å². The number of nitrogens with one attached hydrogen (secondary N) is 1. The van der Waals surface area contributed by atoms with Crippen LogP contribution in [-0.2, 0) is 22.6 Å². The van der Waals surface area contributed by atoms with Gasteiger partial charge in [0.15, 0.2) is 6.10 Å². The Hall–Kier alpha value is -2.21. The first kappa shape index (κ1) is 17.6. The number of benzene rings is 2. The van der Waals surface area contributed by atoms with Crippen LogP contribution >= 0.6 is 0 Å². The van der Waals surface area contributed by atoms with Crippen molar-refractivity contribution >= 4 is 5.91 Å². The van der Waals surface area contributed by atoms with Crippen LogP contribution in [0.1, 0.15) is 22.8 Å². The Morgan fingerprint density at radius 2 is 1.68 bits per heavy atom. The van der Waals surface area contributed by atoms with Crippen LogP contribution in [0.5, 0.6) is 0 Å². The van der Waals surface area contributed by atoms with Crippen LogP contribution in [0, 0.1) is 0 Å². The van der Waals surface area contributed by atoms with Crippen molar-refractivity contribution in [3.63, 3.8) is 0 Å². The first-order chi connectivity index (χ1) is 12.2. The maximum absolute atomic E-state index is 12.2. The summed E-state index contributed by atoms with van der Waals surface area (Å²) in [4.78, 5) is 14.6. The molecular weight excluding hydrogens is 316 g/mol. The highest BCUT2D eigenvalue weighted by Crippen LogP contribution is 2.15. The number of amides is 1. The number of aliphatic hydroxyl groups excluding tert-OH is 1. The highest BCUT2D eigenvalue weighted by Gasteiger charge is 2.17. The fraction of sp³-hybridized carbons (Fsp3) is 0.350. The van der Waals surface area contributed by atoms with Crippen LogP contribution in [0.3, 0.4) is 0 Å². The van der Waals surface area contributed by atoms with Gasteiger partial charge >= 0.3 is 0 Å². The summed E-state index contributed by atoms with van der Waals surface area (Å²) >= 11 is 0. The summed E-state index contributed by atoms with van der Waals surface area (Å²) in [6.45, 7) is 4.63. The van der Waals surface area contributed by atoms with Gasteiger partial charge in [-0.1, -0.05) is 54.6 Å². The van der Waals surface area contributed by atoms with E-state index in [1.165, 1.54) is 5.56 Å². The second-order valence-electron chi connectivity index (χ2n) is 6.19. The Kier molecular flexibility index (Phi) is 6.17. The largest absolute Gasteiger partial charge is 0.379 e. The van der Waals surface area contributed by atoms with Crippen LogP contribution < -0.4 is 5.32 Å². The fourth-order valence-electron chi connectivity index (χ4n) is 2.95. The zero-order valence-electron chi connectivity index (χ0n) is 14.2. The lowest BCUT2D eigenvalue weighted by molar-refractivity contribution is -0.129. The van der Waals surface area contributed by atoms with Gasteiger partial charge in [0.1, 0.15) is 0 Å². The van der Waals surface area contributed by atoms with Gasteiger partial charge in [-0.05, 0) is 16.7 Å². The van der Waals surface area contributed by atoms with Gasteiger partial charge in [0, 0.05) is 26.2 Å². The average Bonchev–Trinajstić information content (AvgIpc) is 2.68. The highest BCUT2D eigenvalue weighted by atomic mass is 16.5. The minimum atomic E-state index is -1.15. The Balaban J connectivity index is 1.60. The molecule has 1 fully saturated rings. The second-order valence-corrected chi connectivity index (χ2v) is 6.19. The molecule has 1 atom stereocenters. The van der Waals surface area contributed by atoms with Gasteiger partial charge in [-0.25, -0.2) is 0 Å². The Morgan fingerprint density at radius 3 is 2.40 bits per heavy atom. The van der Waals surface area contributed by atoms with Crippen LogP contribution in [0.25, 0.3) is 0 Å². The smallest absolute Gasteiger partial charge is 0.253 e. The van der Waals surface area contributed by atoms with Gasteiger partial charge in [0.25, 0.3) is 5.91 Å². The van der Waals surface area contributed by atoms with Gasteiger partial charge in [0.2, 0.25) is 0 Å². The van der Waals surface area contributed by atoms with Crippen molar-refractivity contribution in [3.8, 4) is 0 Å². The molecule has 0 aliphatic carbocycles. The molecule has 1 heterocycles. The van der Waals surface area contributed by atoms with Crippen molar-refractivity contribution in [1.29, 1.82) is 0 Å². The van der Waals surface area contributed by atoms with Gasteiger partial charge in [-0.15, -0.1) is 0 Å². The van der Waals surface area contributed by atoms with Crippen molar-refractivity contribution < 1.29 is 14.6 Å². The van der Waals surface area contributed by atoms with E-state index in [4.69, 9.17) is 4.74 Å². The molecule has 0 bridgehead atoms. The molecule has 0 radical (unpaired) electrons. The molecule has 0 aromatic heterocycles. The van der Waals surface area contributed by atoms with E-state index in [1.54, 1.807) is 12.1 Å². The number of rotatable bonds is 6. The average molecular weight is 340 g/mol. The number of hydrogen-bond acceptors (Lipinski definition) is 4. The third kappa shape index (κ3) is 4.89. The van der Waals surface area contributed by atoms with Crippen molar-refractivity contribution in [2.24, 2.45) is 0 Å². The molecule has 1 unspecified atom stereocenters. The quantitative estimate of drug-likeness (QED) is 0.843. The number of ether oxygens (including phenoxy) is 1. The Bertz CT molecular complexity index is 684. The van der Waals surface area contributed by atoms with Crippen molar-refractivity contribution in [2.45, 2.75) is 19.2 Å². The first-order valence-electron chi connectivity index (χ1n) is 8.61. The van der Waals surface area contributed by atoms with Crippen molar-refractivity contribution in [2.75, 3.05) is 26.3 Å². The predicted octanol–water partition coefficient (Wildman–Crippen LogP) is 1.87. The number of carbonyl (C=O) groups is 1. The summed E-state index contributed by atoms with van der Waals surface area (Å²) in [5, 5.41) is 13.0. The number of aliphatic hydroxyl groups is 1. The molecule has 2 aromatic carbocycles. The minimum Gasteiger partial charge on any atom is -0.379 e. The third-order valence-electron chi connectivity index (χ3n) is 4.43. The number of nitrogens with zero attached hydrogens (tertiary/aromatic N) is 1. The molecule has 2 aromatic rings. The maximum Gasteiger partial charge on any atom is 0.253 e. The zero-order chi connectivity index (χ0) is 17.5. The second kappa shape index (κ2) is 8.76. The van der Waals surface area contributed by atoms with E-state index in [-0.39, 0.29) is 5.91 Å². The summed E-state index contributed by atoms with van der Waals surface area (Å²) < 4.78 is 5.39. The molecule has 5 nitrogen and oxygen atoms in total. The maximum atomic E-state index is 12.2. The molecule has 1 saturated heterocycles. The molecule has 0 saturated carbocycles. The molecule has 5 heteroatoms. The van der Waals surface area contributed by atoms with E-state index in [0.717, 1.165) is 38.4 Å². The standard InChI is InChI=1S/C20H24N2O3/c23-19(16-6-2-1-3-7-16)20(24)21-14-17-8-4-5-9-18(17)15-22-10-12-25-13-11-22/h1-9,19,23H,10-15H2,(H,21,24). The minimum absolute atomic E-state index is 0.382. The van der Waals surface area contributed by atoms with Crippen LogP contribution in [-0.4, -0.2) is 42.2 Å². The van der Waals surface area contributed by atoms with Gasteiger partial charge < -0.3 is 15.2 Å². The Morgan fingerprint density at radius 1 is 1.04 bits per heavy atom. The SMILES string of the molecule is O=C(NCc1ccccc1CN1CCOCC1)C(O)c1ccccc1. The van der Waals surface area contributed by atoms with E-state index in [1.807, 2.05) is 36.4 Å². The molecule has 132 valence electrons. The molecular formula is C20H24N2O3. The summed E-state index contributed by atoms with van der Waals surface area (Å²) in [5.41, 5.74) is 2.86. The summed E-state index contributed by atoms with van der Waals surface area (Å²) in [5.74, 6) is -0.382. The van der Waals surface area contributed by atoms with Crippen molar-refractivity contribution in [3.05, 3.63) is 71.3 Å². The molecule has 1 amide bonds. The third-order valence-corrected chi connectivity index (χ3v) is 4.43. The topological polar surface area (TPSA) is 61.8 Å². The number of hydrogen-bond donors (Lipinski definition) is 2. The summed E-state index contributed by atoms with van der Waals surface area (Å²) in [7, 11) is 0. The highest BCUT2D eigenvalue weighted by molar-refractivity contribution is 5.81. The van der Waals surface area contributed by atoms with Crippen LogP contribution in [0.4, 0.5) is 0 Å². The lowest BCUT2D eigenvalue weighted by Crippen LogP contribution is -2.36. The first-order valence-corrected chi connectivity index (χ1v) is 8.61. The molecule has 2 N–H and O–H groups in total. The molecule has 0 spiro atoms. The van der Waals surface area contributed by atoms with Gasteiger partial charge in [-0.2, -0.15) is 0 Å². The predicted molar refractivity (Wildman–Crippen MR) is 95.8 cm³/mol. The monoisotopic (exact) mass is 340 g/mol.